The second-order valence-corrected chi connectivity index (χ2v) is 6.01. The monoisotopic (exact) mass is 328 g/mol. The molecule has 4 rings (SSSR count). The molecule has 3 aromatic rings. The number of nitrogens with zero attached hydrogens (tertiary/aromatic N) is 4. The Morgan fingerprint density at radius 1 is 1.42 bits per heavy atom. The van der Waals surface area contributed by atoms with E-state index in [1.807, 2.05) is 18.3 Å². The quantitative estimate of drug-likeness (QED) is 0.684. The van der Waals surface area contributed by atoms with E-state index in [0.717, 1.165) is 29.0 Å². The number of fused-ring (bicyclic) bond motifs is 1. The van der Waals surface area contributed by atoms with Gasteiger partial charge in [-0.25, -0.2) is 4.98 Å². The van der Waals surface area contributed by atoms with Crippen LogP contribution < -0.4 is 11.1 Å². The average Bonchev–Trinajstić information content (AvgIpc) is 3.18. The molecule has 3 aromatic heterocycles. The zero-order valence-electron chi connectivity index (χ0n) is 13.5. The third-order valence-electron chi connectivity index (χ3n) is 4.16. The number of nitrogens with one attached hydrogen (secondary N) is 1. The van der Waals surface area contributed by atoms with Crippen LogP contribution in [-0.4, -0.2) is 33.4 Å². The Morgan fingerprint density at radius 3 is 3.08 bits per heavy atom. The van der Waals surface area contributed by atoms with E-state index >= 15 is 0 Å². The molecule has 0 amide bonds. The molecule has 0 aromatic carbocycles. The van der Waals surface area contributed by atoms with Crippen LogP contribution in [0.4, 0.5) is 11.8 Å². The van der Waals surface area contributed by atoms with E-state index in [1.165, 1.54) is 12.8 Å². The first-order valence-electron chi connectivity index (χ1n) is 8.05. The molecule has 8 nitrogen and oxygen atoms in total. The zero-order valence-corrected chi connectivity index (χ0v) is 13.5. The Morgan fingerprint density at radius 2 is 2.29 bits per heavy atom. The summed E-state index contributed by atoms with van der Waals surface area (Å²) >= 11 is 0. The summed E-state index contributed by atoms with van der Waals surface area (Å²) in [5.41, 5.74) is 8.40. The molecule has 8 heteroatoms. The molecule has 24 heavy (non-hydrogen) atoms. The fourth-order valence-corrected chi connectivity index (χ4v) is 2.77. The van der Waals surface area contributed by atoms with Gasteiger partial charge >= 0.3 is 0 Å². The largest absolute Gasteiger partial charge is 0.383 e. The number of nitrogen functional groups attached to an aromatic ring is 1. The first kappa shape index (κ1) is 14.9. The molecule has 3 N–H and O–H groups in total. The molecule has 0 atom stereocenters. The van der Waals surface area contributed by atoms with Crippen LogP contribution in [0.25, 0.3) is 11.0 Å². The maximum Gasteiger partial charge on any atom is 0.222 e. The van der Waals surface area contributed by atoms with Crippen molar-refractivity contribution in [1.29, 1.82) is 0 Å². The van der Waals surface area contributed by atoms with E-state index in [-0.39, 0.29) is 5.95 Å². The Hall–Kier alpha value is -2.61. The van der Waals surface area contributed by atoms with Gasteiger partial charge in [0.2, 0.25) is 5.95 Å². The summed E-state index contributed by atoms with van der Waals surface area (Å²) in [5, 5.41) is 7.42. The molecule has 1 aliphatic carbocycles. The predicted molar refractivity (Wildman–Crippen MR) is 89.6 cm³/mol. The molecule has 1 fully saturated rings. The SMILES string of the molecule is COCCn1ccc2nc(N)nc(NCc3cc(C4CC4)on3)c21. The number of nitrogens with two attached hydrogens (primary N) is 1. The van der Waals surface area contributed by atoms with Crippen molar-refractivity contribution in [3.05, 3.63) is 29.8 Å². The molecule has 1 aliphatic rings. The molecule has 3 heterocycles. The van der Waals surface area contributed by atoms with Crippen LogP contribution >= 0.6 is 0 Å². The summed E-state index contributed by atoms with van der Waals surface area (Å²) in [7, 11) is 1.68. The molecule has 0 unspecified atom stereocenters. The van der Waals surface area contributed by atoms with E-state index in [4.69, 9.17) is 15.0 Å². The van der Waals surface area contributed by atoms with Crippen molar-refractivity contribution in [2.75, 3.05) is 24.8 Å². The van der Waals surface area contributed by atoms with Gasteiger partial charge in [-0.1, -0.05) is 5.16 Å². The minimum atomic E-state index is 0.244. The third-order valence-corrected chi connectivity index (χ3v) is 4.16. The van der Waals surface area contributed by atoms with Gasteiger partial charge in [-0.15, -0.1) is 0 Å². The highest BCUT2D eigenvalue weighted by atomic mass is 16.5. The lowest BCUT2D eigenvalue weighted by atomic mass is 10.3. The lowest BCUT2D eigenvalue weighted by molar-refractivity contribution is 0.188. The summed E-state index contributed by atoms with van der Waals surface area (Å²) in [6.45, 7) is 1.86. The molecule has 1 saturated carbocycles. The van der Waals surface area contributed by atoms with E-state index in [2.05, 4.69) is 25.0 Å². The van der Waals surface area contributed by atoms with Gasteiger partial charge in [0.15, 0.2) is 5.82 Å². The smallest absolute Gasteiger partial charge is 0.222 e. The van der Waals surface area contributed by atoms with Crippen LogP contribution in [0.15, 0.2) is 22.9 Å². The van der Waals surface area contributed by atoms with Crippen molar-refractivity contribution in [1.82, 2.24) is 19.7 Å². The van der Waals surface area contributed by atoms with Crippen molar-refractivity contribution >= 4 is 22.8 Å². The Bertz CT molecular complexity index is 851. The number of ether oxygens (including phenoxy) is 1. The van der Waals surface area contributed by atoms with Crippen molar-refractivity contribution in [2.24, 2.45) is 0 Å². The van der Waals surface area contributed by atoms with Crippen LogP contribution in [-0.2, 0) is 17.8 Å². The van der Waals surface area contributed by atoms with Crippen molar-refractivity contribution in [3.8, 4) is 0 Å². The summed E-state index contributed by atoms with van der Waals surface area (Å²) in [6, 6.07) is 3.94. The van der Waals surface area contributed by atoms with Gasteiger partial charge < -0.3 is 24.9 Å². The number of methoxy groups -OCH3 is 1. The number of anilines is 2. The Labute approximate surface area is 139 Å². The van der Waals surface area contributed by atoms with Crippen LogP contribution in [0.2, 0.25) is 0 Å². The number of hydrogen-bond acceptors (Lipinski definition) is 7. The lowest BCUT2D eigenvalue weighted by Crippen LogP contribution is -2.09. The first-order chi connectivity index (χ1) is 11.7. The molecule has 0 bridgehead atoms. The number of hydrogen-bond donors (Lipinski definition) is 2. The molecule has 126 valence electrons. The van der Waals surface area contributed by atoms with Crippen molar-refractivity contribution in [2.45, 2.75) is 31.8 Å². The van der Waals surface area contributed by atoms with Gasteiger partial charge in [-0.2, -0.15) is 4.98 Å². The van der Waals surface area contributed by atoms with Crippen molar-refractivity contribution in [3.63, 3.8) is 0 Å². The van der Waals surface area contributed by atoms with Gasteiger partial charge in [0.25, 0.3) is 0 Å². The summed E-state index contributed by atoms with van der Waals surface area (Å²) < 4.78 is 12.6. The lowest BCUT2D eigenvalue weighted by Gasteiger charge is -2.10. The van der Waals surface area contributed by atoms with E-state index in [9.17, 15) is 0 Å². The van der Waals surface area contributed by atoms with Gasteiger partial charge in [-0.05, 0) is 18.9 Å². The highest BCUT2D eigenvalue weighted by Crippen LogP contribution is 2.40. The van der Waals surface area contributed by atoms with Gasteiger partial charge in [0, 0.05) is 31.8 Å². The minimum Gasteiger partial charge on any atom is -0.383 e. The molecule has 0 radical (unpaired) electrons. The average molecular weight is 328 g/mol. The molecule has 0 spiro atoms. The van der Waals surface area contributed by atoms with E-state index in [0.29, 0.717) is 24.9 Å². The highest BCUT2D eigenvalue weighted by molar-refractivity contribution is 5.87. The van der Waals surface area contributed by atoms with Gasteiger partial charge in [0.1, 0.15) is 17.0 Å². The van der Waals surface area contributed by atoms with E-state index < -0.39 is 0 Å². The maximum absolute atomic E-state index is 5.82. The van der Waals surface area contributed by atoms with Crippen LogP contribution in [0.5, 0.6) is 0 Å². The predicted octanol–water partition coefficient (Wildman–Crippen LogP) is 2.14. The Balaban J connectivity index is 1.57. The topological polar surface area (TPSA) is 104 Å². The zero-order chi connectivity index (χ0) is 16.5. The van der Waals surface area contributed by atoms with E-state index in [1.54, 1.807) is 7.11 Å². The second-order valence-electron chi connectivity index (χ2n) is 6.01. The molecule has 0 aliphatic heterocycles. The second kappa shape index (κ2) is 6.12. The number of aromatic nitrogens is 4. The molecular formula is C16H20N6O2. The number of rotatable bonds is 7. The highest BCUT2D eigenvalue weighted by Gasteiger charge is 2.27. The van der Waals surface area contributed by atoms with Gasteiger partial charge in [0.05, 0.1) is 18.7 Å². The van der Waals surface area contributed by atoms with Crippen LogP contribution in [0, 0.1) is 0 Å². The molecule has 0 saturated heterocycles. The standard InChI is InChI=1S/C16H20N6O2/c1-23-7-6-22-5-4-12-14(22)15(20-16(17)19-12)18-9-11-8-13(24-21-11)10-2-3-10/h4-5,8,10H,2-3,6-7,9H2,1H3,(H3,17,18,19,20). The van der Waals surface area contributed by atoms with Crippen LogP contribution in [0.3, 0.4) is 0 Å². The van der Waals surface area contributed by atoms with Crippen LogP contribution in [0.1, 0.15) is 30.2 Å². The fraction of sp³-hybridized carbons (Fsp3) is 0.438. The maximum atomic E-state index is 5.82. The molecular weight excluding hydrogens is 308 g/mol. The third kappa shape index (κ3) is 2.92. The first-order valence-corrected chi connectivity index (χ1v) is 8.05. The summed E-state index contributed by atoms with van der Waals surface area (Å²) in [4.78, 5) is 8.63. The Kier molecular flexibility index (Phi) is 3.81. The minimum absolute atomic E-state index is 0.244. The van der Waals surface area contributed by atoms with Crippen molar-refractivity contribution < 1.29 is 9.26 Å². The normalized spacial score (nSPS) is 14.4. The van der Waals surface area contributed by atoms with Gasteiger partial charge in [-0.3, -0.25) is 0 Å². The fourth-order valence-electron chi connectivity index (χ4n) is 2.77. The summed E-state index contributed by atoms with van der Waals surface area (Å²) in [5.74, 6) is 2.46. The summed E-state index contributed by atoms with van der Waals surface area (Å²) in [6.07, 6.45) is 4.35.